The number of aromatic nitrogens is 1. The normalized spacial score (nSPS) is 20.4. The van der Waals surface area contributed by atoms with Crippen molar-refractivity contribution in [1.29, 1.82) is 0 Å². The van der Waals surface area contributed by atoms with Gasteiger partial charge in [-0.05, 0) is 49.7 Å². The van der Waals surface area contributed by atoms with Crippen molar-refractivity contribution in [3.05, 3.63) is 52.8 Å². The Morgan fingerprint density at radius 3 is 2.57 bits per heavy atom. The zero-order valence-electron chi connectivity index (χ0n) is 20.2. The van der Waals surface area contributed by atoms with E-state index in [1.165, 1.54) is 0 Å². The minimum absolute atomic E-state index is 0.0910. The molecule has 1 unspecified atom stereocenters. The van der Waals surface area contributed by atoms with Crippen LogP contribution in [-0.2, 0) is 25.7 Å². The summed E-state index contributed by atoms with van der Waals surface area (Å²) in [6.07, 6.45) is 2.85. The van der Waals surface area contributed by atoms with Crippen LogP contribution < -0.4 is 16.0 Å². The van der Waals surface area contributed by atoms with Gasteiger partial charge < -0.3 is 20.7 Å². The summed E-state index contributed by atoms with van der Waals surface area (Å²) in [5, 5.41) is 7.65. The molecule has 1 aromatic heterocycles. The van der Waals surface area contributed by atoms with Crippen LogP contribution in [0.5, 0.6) is 0 Å². The molecule has 0 aliphatic carbocycles. The van der Waals surface area contributed by atoms with Gasteiger partial charge in [0.1, 0.15) is 29.4 Å². The average molecular weight is 507 g/mol. The lowest BCUT2D eigenvalue weighted by atomic mass is 10.0. The molecule has 0 radical (unpaired) electrons. The molecule has 2 heterocycles. The first-order chi connectivity index (χ1) is 16.5. The number of carbonyl (C=O) groups is 4. The minimum Gasteiger partial charge on any atom is -0.456 e. The molecule has 0 spiro atoms. The molecule has 2 bridgehead atoms. The number of hydrogen-bond acceptors (Lipinski definition) is 7. The second-order valence-corrected chi connectivity index (χ2v) is 9.03. The van der Waals surface area contributed by atoms with Gasteiger partial charge in [0, 0.05) is 6.07 Å². The lowest BCUT2D eigenvalue weighted by Gasteiger charge is -2.24. The molecule has 11 heteroatoms. The molecule has 0 fully saturated rings. The number of esters is 1. The molecule has 1 aliphatic heterocycles. The molecule has 2 atom stereocenters. The van der Waals surface area contributed by atoms with Crippen molar-refractivity contribution in [2.45, 2.75) is 59.2 Å². The number of ether oxygens (including phenoxy) is 1. The van der Waals surface area contributed by atoms with E-state index < -0.39 is 41.7 Å². The molecule has 1 aliphatic rings. The minimum atomic E-state index is -1.05. The fourth-order valence-electron chi connectivity index (χ4n) is 3.19. The zero-order valence-corrected chi connectivity index (χ0v) is 21.1. The lowest BCUT2D eigenvalue weighted by Crippen LogP contribution is -2.49. The molecule has 3 amide bonds. The average Bonchev–Trinajstić information content (AvgIpc) is 2.77. The fraction of sp³-hybridized carbons (Fsp3) is 0.458. The number of fused-ring (bicyclic) bond motifs is 2. The molecule has 0 saturated carbocycles. The van der Waals surface area contributed by atoms with E-state index in [1.54, 1.807) is 39.8 Å². The lowest BCUT2D eigenvalue weighted by molar-refractivity contribution is -0.153. The Morgan fingerprint density at radius 2 is 1.94 bits per heavy atom. The Bertz CT molecular complexity index is 1040. The third-order valence-corrected chi connectivity index (χ3v) is 5.27. The predicted molar refractivity (Wildman–Crippen MR) is 131 cm³/mol. The van der Waals surface area contributed by atoms with Crippen LogP contribution in [0.2, 0.25) is 0 Å². The van der Waals surface area contributed by atoms with E-state index in [9.17, 15) is 23.6 Å². The number of cyclic esters (lactones) is 1. The van der Waals surface area contributed by atoms with Crippen molar-refractivity contribution in [3.8, 4) is 0 Å². The number of allylic oxidation sites excluding steroid dienone is 2. The van der Waals surface area contributed by atoms with Gasteiger partial charge in [0.25, 0.3) is 11.8 Å². The number of rotatable bonds is 4. The summed E-state index contributed by atoms with van der Waals surface area (Å²) >= 11 is 4.14. The van der Waals surface area contributed by atoms with Crippen LogP contribution in [-0.4, -0.2) is 46.6 Å². The van der Waals surface area contributed by atoms with Crippen LogP contribution in [0.15, 0.2) is 35.6 Å². The topological polar surface area (TPSA) is 126 Å². The first-order valence-electron chi connectivity index (χ1n) is 11.2. The van der Waals surface area contributed by atoms with Gasteiger partial charge in [0.05, 0.1) is 18.7 Å². The number of hydrogen-bond donors (Lipinski definition) is 4. The van der Waals surface area contributed by atoms with Gasteiger partial charge in [-0.25, -0.2) is 14.2 Å². The summed E-state index contributed by atoms with van der Waals surface area (Å²) in [7, 11) is 0. The highest BCUT2D eigenvalue weighted by Crippen LogP contribution is 2.13. The van der Waals surface area contributed by atoms with Crippen LogP contribution in [0.1, 0.15) is 56.7 Å². The third-order valence-electron chi connectivity index (χ3n) is 5.02. The number of amides is 3. The zero-order chi connectivity index (χ0) is 26.1. The predicted octanol–water partition coefficient (Wildman–Crippen LogP) is 2.19. The van der Waals surface area contributed by atoms with E-state index in [-0.39, 0.29) is 36.0 Å². The summed E-state index contributed by atoms with van der Waals surface area (Å²) in [5.41, 5.74) is 0.217. The van der Waals surface area contributed by atoms with Crippen molar-refractivity contribution in [3.63, 3.8) is 0 Å². The molecular formula is C24H31FN4O5S. The largest absolute Gasteiger partial charge is 0.456 e. The van der Waals surface area contributed by atoms with Crippen molar-refractivity contribution >= 4 is 36.3 Å². The first kappa shape index (κ1) is 28.0. The second-order valence-electron chi connectivity index (χ2n) is 8.58. The highest BCUT2D eigenvalue weighted by Gasteiger charge is 2.30. The second kappa shape index (κ2) is 13.0. The number of carbonyl (C=O) groups excluding carboxylic acids is 4. The van der Waals surface area contributed by atoms with Crippen LogP contribution in [0, 0.1) is 11.7 Å². The smallest absolute Gasteiger partial charge is 0.329 e. The van der Waals surface area contributed by atoms with Gasteiger partial charge in [-0.15, -0.1) is 0 Å². The maximum atomic E-state index is 14.2. The van der Waals surface area contributed by atoms with Gasteiger partial charge in [-0.3, -0.25) is 14.4 Å². The van der Waals surface area contributed by atoms with Gasteiger partial charge in [-0.1, -0.05) is 19.9 Å². The van der Waals surface area contributed by atoms with Gasteiger partial charge in [-0.2, -0.15) is 12.6 Å². The number of nitrogens with zero attached hydrogens (tertiary/aromatic N) is 1. The van der Waals surface area contributed by atoms with E-state index >= 15 is 0 Å². The molecule has 2 rings (SSSR count). The van der Waals surface area contributed by atoms with E-state index in [0.717, 1.165) is 12.1 Å². The van der Waals surface area contributed by atoms with Gasteiger partial charge >= 0.3 is 5.97 Å². The maximum Gasteiger partial charge on any atom is 0.329 e. The molecule has 190 valence electrons. The Hall–Kier alpha value is -3.21. The maximum absolute atomic E-state index is 14.2. The van der Waals surface area contributed by atoms with Crippen LogP contribution in [0.3, 0.4) is 0 Å². The summed E-state index contributed by atoms with van der Waals surface area (Å²) < 4.78 is 19.7. The highest BCUT2D eigenvalue weighted by atomic mass is 32.1. The van der Waals surface area contributed by atoms with Gasteiger partial charge in [0.15, 0.2) is 0 Å². The molecule has 35 heavy (non-hydrogen) atoms. The summed E-state index contributed by atoms with van der Waals surface area (Å²) in [5.74, 6) is -3.23. The Kier molecular flexibility index (Phi) is 10.4. The highest BCUT2D eigenvalue weighted by molar-refractivity contribution is 7.80. The summed E-state index contributed by atoms with van der Waals surface area (Å²) in [6, 6.07) is 0.969. The summed E-state index contributed by atoms with van der Waals surface area (Å²) in [6.45, 7) is 6.52. The van der Waals surface area contributed by atoms with Crippen molar-refractivity contribution < 1.29 is 28.3 Å². The van der Waals surface area contributed by atoms with Crippen LogP contribution >= 0.6 is 12.6 Å². The fourth-order valence-corrected chi connectivity index (χ4v) is 3.34. The molecule has 0 aromatic carbocycles. The standard InChI is InChI=1S/C24H31FN4O5S/c1-13(2)20-23(32)29-21(14(3)4)24(33)34-17(7-5-6-8-35)11-19(30)26-12-16-9-15(25)10-18(27-16)22(31)28-20/h5,7,9-10,14,17,21,35H,6,8,11-12H2,1-4H3,(H,26,30)(H,28,31)(H,29,32)/b7-5+/t17-,21?/m1/s1. The third kappa shape index (κ3) is 8.50. The van der Waals surface area contributed by atoms with E-state index in [1.807, 2.05) is 0 Å². The van der Waals surface area contributed by atoms with Crippen molar-refractivity contribution in [1.82, 2.24) is 20.9 Å². The quantitative estimate of drug-likeness (QED) is 0.215. The van der Waals surface area contributed by atoms with Crippen molar-refractivity contribution in [2.24, 2.45) is 5.92 Å². The molecule has 9 nitrogen and oxygen atoms in total. The van der Waals surface area contributed by atoms with Crippen molar-refractivity contribution in [2.75, 3.05) is 5.75 Å². The molecule has 0 saturated heterocycles. The Morgan fingerprint density at radius 1 is 1.23 bits per heavy atom. The Labute approximate surface area is 209 Å². The van der Waals surface area contributed by atoms with Crippen LogP contribution in [0.25, 0.3) is 0 Å². The number of thiol groups is 1. The van der Waals surface area contributed by atoms with E-state index in [2.05, 4.69) is 33.6 Å². The molecular weight excluding hydrogens is 475 g/mol. The van der Waals surface area contributed by atoms with E-state index in [0.29, 0.717) is 17.7 Å². The van der Waals surface area contributed by atoms with E-state index in [4.69, 9.17) is 4.74 Å². The van der Waals surface area contributed by atoms with Gasteiger partial charge in [0.2, 0.25) is 5.91 Å². The number of nitrogens with one attached hydrogen (secondary N) is 3. The van der Waals surface area contributed by atoms with Crippen LogP contribution in [0.4, 0.5) is 4.39 Å². The SMILES string of the molecule is CC(C)=C1NC(=O)c2cc(F)cc(n2)CNC(=O)C[C@@H](/C=C/CCS)OC(=O)C(C(C)C)NC1=O. The Balaban J connectivity index is 2.49. The molecule has 1 aromatic rings. The number of halogens is 1. The first-order valence-corrected chi connectivity index (χ1v) is 11.9. The summed E-state index contributed by atoms with van der Waals surface area (Å²) in [4.78, 5) is 55.4. The molecule has 3 N–H and O–H groups in total. The monoisotopic (exact) mass is 506 g/mol. The number of pyridine rings is 1.